The van der Waals surface area contributed by atoms with Crippen molar-refractivity contribution in [2.75, 3.05) is 6.61 Å². The molecule has 1 aliphatic rings. The van der Waals surface area contributed by atoms with E-state index in [9.17, 15) is 0 Å². The molecule has 0 radical (unpaired) electrons. The molecule has 0 bridgehead atoms. The molecule has 90 valence electrons. The molecule has 0 spiro atoms. The molecule has 1 aliphatic heterocycles. The van der Waals surface area contributed by atoms with Gasteiger partial charge in [-0.15, -0.1) is 12.4 Å². The zero-order chi connectivity index (χ0) is 10.9. The Morgan fingerprint density at radius 2 is 2.00 bits per heavy atom. The SMILES string of the molecule is CC1(C)COC(Cc2ccc(Br)cc2)N1.Cl. The maximum atomic E-state index is 5.68. The summed E-state index contributed by atoms with van der Waals surface area (Å²) in [6, 6.07) is 8.38. The molecule has 0 aromatic heterocycles. The van der Waals surface area contributed by atoms with Gasteiger partial charge in [-0.2, -0.15) is 0 Å². The van der Waals surface area contributed by atoms with Crippen LogP contribution in [0.1, 0.15) is 19.4 Å². The Hall–Kier alpha value is -0.0900. The summed E-state index contributed by atoms with van der Waals surface area (Å²) in [5, 5.41) is 3.46. The second-order valence-corrected chi connectivity index (χ2v) is 5.57. The highest BCUT2D eigenvalue weighted by Crippen LogP contribution is 2.18. The third-order valence-corrected chi connectivity index (χ3v) is 3.06. The van der Waals surface area contributed by atoms with Crippen molar-refractivity contribution < 1.29 is 4.74 Å². The van der Waals surface area contributed by atoms with Crippen LogP contribution in [0.4, 0.5) is 0 Å². The minimum Gasteiger partial charge on any atom is -0.361 e. The molecule has 1 unspecified atom stereocenters. The lowest BCUT2D eigenvalue weighted by Crippen LogP contribution is -2.39. The van der Waals surface area contributed by atoms with E-state index in [1.165, 1.54) is 5.56 Å². The van der Waals surface area contributed by atoms with Gasteiger partial charge in [-0.25, -0.2) is 0 Å². The van der Waals surface area contributed by atoms with Gasteiger partial charge in [-0.3, -0.25) is 5.32 Å². The maximum absolute atomic E-state index is 5.68. The van der Waals surface area contributed by atoms with Crippen molar-refractivity contribution in [3.8, 4) is 0 Å². The van der Waals surface area contributed by atoms with E-state index in [0.717, 1.165) is 17.5 Å². The summed E-state index contributed by atoms with van der Waals surface area (Å²) < 4.78 is 6.80. The molecule has 0 saturated carbocycles. The summed E-state index contributed by atoms with van der Waals surface area (Å²) in [7, 11) is 0. The summed E-state index contributed by atoms with van der Waals surface area (Å²) in [6.07, 6.45) is 1.08. The molecule has 1 aromatic rings. The van der Waals surface area contributed by atoms with Crippen molar-refractivity contribution in [3.63, 3.8) is 0 Å². The van der Waals surface area contributed by atoms with Gasteiger partial charge in [0.15, 0.2) is 0 Å². The molecule has 0 amide bonds. The van der Waals surface area contributed by atoms with E-state index in [-0.39, 0.29) is 24.2 Å². The van der Waals surface area contributed by atoms with Crippen LogP contribution in [-0.2, 0) is 11.2 Å². The van der Waals surface area contributed by atoms with Gasteiger partial charge in [0.2, 0.25) is 0 Å². The predicted octanol–water partition coefficient (Wildman–Crippen LogP) is 3.14. The summed E-state index contributed by atoms with van der Waals surface area (Å²) in [5.41, 5.74) is 1.41. The molecule has 1 atom stereocenters. The molecule has 1 heterocycles. The van der Waals surface area contributed by atoms with E-state index in [1.54, 1.807) is 0 Å². The average molecular weight is 307 g/mol. The van der Waals surface area contributed by atoms with Crippen molar-refractivity contribution in [1.82, 2.24) is 5.32 Å². The number of hydrogen-bond donors (Lipinski definition) is 1. The number of rotatable bonds is 2. The van der Waals surface area contributed by atoms with Crippen molar-refractivity contribution in [2.24, 2.45) is 0 Å². The summed E-state index contributed by atoms with van der Waals surface area (Å²) in [5.74, 6) is 0. The summed E-state index contributed by atoms with van der Waals surface area (Å²) >= 11 is 3.43. The van der Waals surface area contributed by atoms with Crippen molar-refractivity contribution in [3.05, 3.63) is 34.3 Å². The fraction of sp³-hybridized carbons (Fsp3) is 0.500. The molecule has 4 heteroatoms. The molecular weight excluding hydrogens is 289 g/mol. The van der Waals surface area contributed by atoms with E-state index < -0.39 is 0 Å². The molecule has 0 aliphatic carbocycles. The fourth-order valence-electron chi connectivity index (χ4n) is 1.77. The van der Waals surface area contributed by atoms with Crippen LogP contribution in [0.3, 0.4) is 0 Å². The standard InChI is InChI=1S/C12H16BrNO.ClH/c1-12(2)8-15-11(14-12)7-9-3-5-10(13)6-4-9;/h3-6,11,14H,7-8H2,1-2H3;1H. The monoisotopic (exact) mass is 305 g/mol. The molecule has 16 heavy (non-hydrogen) atoms. The number of halogens is 2. The van der Waals surface area contributed by atoms with Gasteiger partial charge in [-0.05, 0) is 31.5 Å². The minimum atomic E-state index is 0. The van der Waals surface area contributed by atoms with E-state index in [4.69, 9.17) is 4.74 Å². The normalized spacial score (nSPS) is 22.8. The first-order chi connectivity index (χ1) is 7.05. The number of ether oxygens (including phenoxy) is 1. The number of benzene rings is 1. The van der Waals surface area contributed by atoms with Gasteiger partial charge in [0.05, 0.1) is 6.61 Å². The minimum absolute atomic E-state index is 0. The molecule has 1 N–H and O–H groups in total. The Labute approximate surface area is 111 Å². The molecule has 2 rings (SSSR count). The first kappa shape index (κ1) is 14.0. The first-order valence-electron chi connectivity index (χ1n) is 5.19. The Kier molecular flexibility index (Phi) is 4.80. The zero-order valence-corrected chi connectivity index (χ0v) is 11.9. The second kappa shape index (κ2) is 5.50. The molecule has 1 saturated heterocycles. The van der Waals surface area contributed by atoms with Gasteiger partial charge in [0, 0.05) is 16.4 Å². The van der Waals surface area contributed by atoms with E-state index in [1.807, 2.05) is 0 Å². The number of hydrogen-bond acceptors (Lipinski definition) is 2. The van der Waals surface area contributed by atoms with Gasteiger partial charge in [-0.1, -0.05) is 28.1 Å². The molecule has 1 fully saturated rings. The lowest BCUT2D eigenvalue weighted by Gasteiger charge is -2.17. The summed E-state index contributed by atoms with van der Waals surface area (Å²) in [4.78, 5) is 0. The van der Waals surface area contributed by atoms with Crippen LogP contribution in [0.2, 0.25) is 0 Å². The Morgan fingerprint density at radius 3 is 2.50 bits per heavy atom. The highest BCUT2D eigenvalue weighted by molar-refractivity contribution is 9.10. The van der Waals surface area contributed by atoms with Gasteiger partial charge in [0.1, 0.15) is 6.23 Å². The van der Waals surface area contributed by atoms with Gasteiger partial charge >= 0.3 is 0 Å². The average Bonchev–Trinajstić information content (AvgIpc) is 2.50. The zero-order valence-electron chi connectivity index (χ0n) is 9.50. The van der Waals surface area contributed by atoms with Crippen molar-refractivity contribution >= 4 is 28.3 Å². The van der Waals surface area contributed by atoms with Crippen LogP contribution < -0.4 is 5.32 Å². The predicted molar refractivity (Wildman–Crippen MR) is 72.0 cm³/mol. The Morgan fingerprint density at radius 1 is 1.38 bits per heavy atom. The van der Waals surface area contributed by atoms with Crippen LogP contribution in [0.25, 0.3) is 0 Å². The number of nitrogens with one attached hydrogen (secondary N) is 1. The lowest BCUT2D eigenvalue weighted by atomic mass is 10.1. The first-order valence-corrected chi connectivity index (χ1v) is 5.98. The van der Waals surface area contributed by atoms with Gasteiger partial charge in [0.25, 0.3) is 0 Å². The highest BCUT2D eigenvalue weighted by atomic mass is 79.9. The van der Waals surface area contributed by atoms with Crippen molar-refractivity contribution in [1.29, 1.82) is 0 Å². The smallest absolute Gasteiger partial charge is 0.112 e. The van der Waals surface area contributed by atoms with Crippen LogP contribution >= 0.6 is 28.3 Å². The molecular formula is C12H17BrClNO. The van der Waals surface area contributed by atoms with Crippen LogP contribution in [0.5, 0.6) is 0 Å². The van der Waals surface area contributed by atoms with E-state index in [0.29, 0.717) is 0 Å². The summed E-state index contributed by atoms with van der Waals surface area (Å²) in [6.45, 7) is 5.11. The van der Waals surface area contributed by atoms with E-state index >= 15 is 0 Å². The fourth-order valence-corrected chi connectivity index (χ4v) is 2.04. The Balaban J connectivity index is 0.00000128. The molecule has 1 aromatic carbocycles. The van der Waals surface area contributed by atoms with Crippen molar-refractivity contribution in [2.45, 2.75) is 32.0 Å². The van der Waals surface area contributed by atoms with Crippen LogP contribution in [-0.4, -0.2) is 18.4 Å². The highest BCUT2D eigenvalue weighted by Gasteiger charge is 2.30. The topological polar surface area (TPSA) is 21.3 Å². The largest absolute Gasteiger partial charge is 0.361 e. The lowest BCUT2D eigenvalue weighted by molar-refractivity contribution is 0.0987. The Bertz CT molecular complexity index is 339. The maximum Gasteiger partial charge on any atom is 0.112 e. The van der Waals surface area contributed by atoms with Crippen LogP contribution in [0.15, 0.2) is 28.7 Å². The third-order valence-electron chi connectivity index (χ3n) is 2.53. The van der Waals surface area contributed by atoms with Crippen LogP contribution in [0, 0.1) is 0 Å². The quantitative estimate of drug-likeness (QED) is 0.906. The second-order valence-electron chi connectivity index (χ2n) is 4.66. The third kappa shape index (κ3) is 3.74. The van der Waals surface area contributed by atoms with E-state index in [2.05, 4.69) is 59.4 Å². The molecule has 2 nitrogen and oxygen atoms in total. The van der Waals surface area contributed by atoms with Gasteiger partial charge < -0.3 is 4.74 Å².